The fraction of sp³-hybridized carbons (Fsp3) is 0.743. The number of esters is 1. The molecule has 0 saturated carbocycles. The third-order valence-electron chi connectivity index (χ3n) is 18.6. The van der Waals surface area contributed by atoms with E-state index in [1.165, 1.54) is 19.9 Å². The number of Topliss-reactive ketones (excluding diaryl/α,β-unsaturated/α-hetero) is 2. The molecule has 2 fully saturated rings. The number of amides is 4. The van der Waals surface area contributed by atoms with Gasteiger partial charge in [-0.25, -0.2) is 13.2 Å². The van der Waals surface area contributed by atoms with Crippen molar-refractivity contribution in [2.45, 2.75) is 259 Å². The molecule has 2 aromatic rings. The molecular weight excluding hydrogens is 1300 g/mol. The zero-order valence-electron chi connectivity index (χ0n) is 60.1. The van der Waals surface area contributed by atoms with Gasteiger partial charge in [0.1, 0.15) is 5.78 Å². The normalized spacial score (nSPS) is 20.7. The Morgan fingerprint density at radius 1 is 0.434 bits per heavy atom. The minimum atomic E-state index is -2.32. The van der Waals surface area contributed by atoms with Crippen molar-refractivity contribution in [3.8, 4) is 5.75 Å². The van der Waals surface area contributed by atoms with Gasteiger partial charge in [-0.2, -0.15) is 8.78 Å². The molecule has 2 aliphatic rings. The van der Waals surface area contributed by atoms with E-state index in [2.05, 4.69) is 67.5 Å². The van der Waals surface area contributed by atoms with Crippen LogP contribution in [0, 0.1) is 52.8 Å². The number of ether oxygens (including phenoxy) is 9. The molecule has 4 rings (SSSR count). The number of nitrogens with one attached hydrogen (secondary N) is 4. The molecule has 20 nitrogen and oxygen atoms in total. The number of halogens is 5. The van der Waals surface area contributed by atoms with Gasteiger partial charge in [0, 0.05) is 75.9 Å². The Kier molecular flexibility index (Phi) is 42.6. The second-order valence-corrected chi connectivity index (χ2v) is 26.4. The average molecular weight is 1410 g/mol. The largest absolute Gasteiger partial charge is 0.420 e. The highest BCUT2D eigenvalue weighted by atomic mass is 19.2. The summed E-state index contributed by atoms with van der Waals surface area (Å²) in [4.78, 5) is 88.8. The summed E-state index contributed by atoms with van der Waals surface area (Å²) in [6.07, 6.45) is 18.5. The Morgan fingerprint density at radius 3 is 1.28 bits per heavy atom. The molecule has 0 aromatic heterocycles. The molecule has 2 saturated heterocycles. The Balaban J connectivity index is 1.09. The van der Waals surface area contributed by atoms with Gasteiger partial charge >= 0.3 is 5.97 Å². The summed E-state index contributed by atoms with van der Waals surface area (Å²) in [5.74, 6) is -13.7. The van der Waals surface area contributed by atoms with Crippen molar-refractivity contribution in [1.82, 2.24) is 16.0 Å². The third-order valence-corrected chi connectivity index (χ3v) is 18.6. The monoisotopic (exact) mass is 1410 g/mol. The molecule has 99 heavy (non-hydrogen) atoms. The van der Waals surface area contributed by atoms with Gasteiger partial charge in [-0.05, 0) is 86.8 Å². The molecule has 2 unspecified atom stereocenters. The van der Waals surface area contributed by atoms with Gasteiger partial charge in [0.15, 0.2) is 18.4 Å². The number of anilines is 1. The number of carbonyl (C=O) groups excluding carboxylic acids is 7. The van der Waals surface area contributed by atoms with Gasteiger partial charge in [0.2, 0.25) is 52.6 Å². The van der Waals surface area contributed by atoms with Crippen molar-refractivity contribution < 1.29 is 98.1 Å². The molecule has 4 N–H and O–H groups in total. The second-order valence-electron chi connectivity index (χ2n) is 26.4. The first-order chi connectivity index (χ1) is 47.6. The van der Waals surface area contributed by atoms with Crippen LogP contribution < -0.4 is 26.0 Å². The van der Waals surface area contributed by atoms with Gasteiger partial charge in [-0.3, -0.25) is 33.6 Å². The minimum Gasteiger partial charge on any atom is -0.420 e. The summed E-state index contributed by atoms with van der Waals surface area (Å²) in [6, 6.07) is 4.13. The van der Waals surface area contributed by atoms with Crippen LogP contribution in [0.25, 0.3) is 0 Å². The number of hydrogen-bond donors (Lipinski definition) is 4. The predicted octanol–water partition coefficient (Wildman–Crippen LogP) is 13.7. The summed E-state index contributed by atoms with van der Waals surface area (Å²) in [5, 5.41) is 11.7. The van der Waals surface area contributed by atoms with Crippen LogP contribution in [0.1, 0.15) is 243 Å². The lowest BCUT2D eigenvalue weighted by Gasteiger charge is -2.44. The first kappa shape index (κ1) is 85.9. The van der Waals surface area contributed by atoms with Crippen LogP contribution in [-0.2, 0) is 61.9 Å². The maximum absolute atomic E-state index is 13.8. The molecule has 0 bridgehead atoms. The van der Waals surface area contributed by atoms with Crippen molar-refractivity contribution in [3.63, 3.8) is 0 Å². The highest BCUT2D eigenvalue weighted by Gasteiger charge is 2.43. The summed E-state index contributed by atoms with van der Waals surface area (Å²) in [6.45, 7) is 18.5. The zero-order chi connectivity index (χ0) is 72.5. The van der Waals surface area contributed by atoms with Crippen LogP contribution in [0.2, 0.25) is 0 Å². The highest BCUT2D eigenvalue weighted by molar-refractivity contribution is 6.03. The van der Waals surface area contributed by atoms with E-state index in [9.17, 15) is 55.5 Å². The van der Waals surface area contributed by atoms with Crippen LogP contribution >= 0.6 is 0 Å². The molecule has 25 heteroatoms. The van der Waals surface area contributed by atoms with Crippen molar-refractivity contribution in [2.75, 3.05) is 77.9 Å². The quantitative estimate of drug-likeness (QED) is 0.00914. The van der Waals surface area contributed by atoms with Crippen LogP contribution in [0.3, 0.4) is 0 Å². The van der Waals surface area contributed by atoms with Gasteiger partial charge in [-0.15, -0.1) is 0 Å². The van der Waals surface area contributed by atoms with E-state index < -0.39 is 59.3 Å². The van der Waals surface area contributed by atoms with E-state index in [-0.39, 0.29) is 148 Å². The van der Waals surface area contributed by atoms with Crippen LogP contribution in [0.5, 0.6) is 5.75 Å². The van der Waals surface area contributed by atoms with Gasteiger partial charge < -0.3 is 63.9 Å². The Bertz CT molecular complexity index is 2620. The average Bonchev–Trinajstić information content (AvgIpc) is 0.821. The zero-order valence-corrected chi connectivity index (χ0v) is 60.1. The van der Waals surface area contributed by atoms with Crippen molar-refractivity contribution >= 4 is 46.9 Å². The van der Waals surface area contributed by atoms with Crippen LogP contribution in [0.4, 0.5) is 27.6 Å². The number of hydrogen-bond acceptors (Lipinski definition) is 16. The fourth-order valence-corrected chi connectivity index (χ4v) is 12.4. The molecule has 0 spiro atoms. The number of rotatable bonds is 53. The number of carbonyl (C=O) groups is 7. The first-order valence-electron chi connectivity index (χ1n) is 36.5. The molecule has 2 aliphatic heterocycles. The van der Waals surface area contributed by atoms with Crippen molar-refractivity contribution in [2.24, 2.45) is 23.7 Å². The number of benzene rings is 2. The predicted molar refractivity (Wildman–Crippen MR) is 364 cm³/mol. The van der Waals surface area contributed by atoms with Gasteiger partial charge in [0.05, 0.1) is 83.8 Å². The maximum Gasteiger partial charge on any atom is 0.311 e. The van der Waals surface area contributed by atoms with Gasteiger partial charge in [0.25, 0.3) is 5.91 Å². The minimum absolute atomic E-state index is 0.0197. The fourth-order valence-electron chi connectivity index (χ4n) is 12.4. The Labute approximate surface area is 583 Å². The van der Waals surface area contributed by atoms with E-state index >= 15 is 0 Å². The highest BCUT2D eigenvalue weighted by Crippen LogP contribution is 2.35. The lowest BCUT2D eigenvalue weighted by Crippen LogP contribution is -2.57. The summed E-state index contributed by atoms with van der Waals surface area (Å²) >= 11 is 0. The first-order valence-corrected chi connectivity index (χ1v) is 36.5. The molecule has 0 aliphatic carbocycles. The summed E-state index contributed by atoms with van der Waals surface area (Å²) in [5.41, 5.74) is 0.824. The standard InChI is InChI=1S/C74H115F5N4O16/c1-9-60-49(3)51(5)69(81-53(7)84)73(97-60)95-44-42-93-40-38-91-36-29-32-59(87)55-46-56(72(90)80-35-37-92-39-41-94-43-45-96-74-70(82-54(8)85)52(6)50(4)61(10-2)98-74)48-57(47-55)83-62(88)33-27-23-19-16-15-18-22-26-31-58(86)30-25-21-17-13-11-12-14-20-24-28-34-63(89)99-71-67(78)65(76)64(75)66(77)68(71)79/h46-52,60-61,69-70,73-74H,9-45H2,1-8H3,(H,80,90)(H,81,84)(H,82,85)(H,83,88)/t49-,50-,51+,52+,60-,61-,69-,70-,73?,74?/m1/s1. The van der Waals surface area contributed by atoms with E-state index in [0.29, 0.717) is 76.4 Å². The van der Waals surface area contributed by atoms with E-state index in [1.54, 1.807) is 12.1 Å². The summed E-state index contributed by atoms with van der Waals surface area (Å²) < 4.78 is 119. The molecular formula is C74H115F5N4O16. The Hall–Kier alpha value is -5.54. The number of unbranched alkanes of at least 4 members (excludes halogenated alkanes) is 16. The molecule has 2 heterocycles. The van der Waals surface area contributed by atoms with E-state index in [1.807, 2.05) is 0 Å². The van der Waals surface area contributed by atoms with Crippen molar-refractivity contribution in [3.05, 3.63) is 58.4 Å². The Morgan fingerprint density at radius 2 is 0.828 bits per heavy atom. The SMILES string of the molecule is CC[C@H]1OC(OCCOCCOCCCC(=O)c2cc(NC(=O)CCCCCCCCCCC(=O)CCCCCCCCCCCCC(=O)Oc3c(F)c(F)c(F)c(F)c3F)cc(C(=O)NCCOCCOCCOC3O[C@H](CC)[C@H](C)[C@H](C)[C@H]3NC(C)=O)c2)[C@H](NC(C)=O)[C@@H](C)[C@H]1C. The second kappa shape index (κ2) is 49.1. The smallest absolute Gasteiger partial charge is 0.311 e. The number of ketones is 2. The van der Waals surface area contributed by atoms with Crippen LogP contribution in [0.15, 0.2) is 18.2 Å². The van der Waals surface area contributed by atoms with Crippen molar-refractivity contribution in [1.29, 1.82) is 0 Å². The van der Waals surface area contributed by atoms with E-state index in [4.69, 9.17) is 37.9 Å². The molecule has 562 valence electrons. The molecule has 2 aromatic carbocycles. The topological polar surface area (TPSA) is 251 Å². The summed E-state index contributed by atoms with van der Waals surface area (Å²) in [7, 11) is 0. The lowest BCUT2D eigenvalue weighted by molar-refractivity contribution is -0.239. The molecule has 0 radical (unpaired) electrons. The molecule has 10 atom stereocenters. The van der Waals surface area contributed by atoms with Crippen LogP contribution in [-0.4, -0.2) is 151 Å². The van der Waals surface area contributed by atoms with Gasteiger partial charge in [-0.1, -0.05) is 131 Å². The lowest BCUT2D eigenvalue weighted by atomic mass is 9.81. The third kappa shape index (κ3) is 32.6. The molecule has 4 amide bonds. The van der Waals surface area contributed by atoms with E-state index in [0.717, 1.165) is 109 Å². The maximum atomic E-state index is 13.8.